The Labute approximate surface area is 100 Å². The summed E-state index contributed by atoms with van der Waals surface area (Å²) in [6.45, 7) is 4.75. The average Bonchev–Trinajstić information content (AvgIpc) is 2.45. The van der Waals surface area contributed by atoms with Gasteiger partial charge >= 0.3 is 5.97 Å². The highest BCUT2D eigenvalue weighted by Gasteiger charge is 2.31. The molecular weight excluding hydrogens is 244 g/mol. The van der Waals surface area contributed by atoms with E-state index in [9.17, 15) is 13.2 Å². The molecule has 0 aliphatic heterocycles. The van der Waals surface area contributed by atoms with Crippen LogP contribution in [-0.4, -0.2) is 34.0 Å². The third-order valence-corrected chi connectivity index (χ3v) is 5.07. The first kappa shape index (κ1) is 13.7. The first-order valence-corrected chi connectivity index (χ1v) is 6.68. The highest BCUT2D eigenvalue weighted by atomic mass is 32.2. The van der Waals surface area contributed by atoms with Crippen LogP contribution in [0.2, 0.25) is 0 Å². The van der Waals surface area contributed by atoms with Crippen molar-refractivity contribution >= 4 is 15.8 Å². The van der Waals surface area contributed by atoms with Crippen LogP contribution in [0.3, 0.4) is 0 Å². The molecule has 1 aromatic rings. The van der Waals surface area contributed by atoms with Crippen molar-refractivity contribution in [2.75, 3.05) is 0 Å². The molecule has 0 aliphatic carbocycles. The molecule has 0 unspecified atom stereocenters. The Morgan fingerprint density at radius 1 is 1.47 bits per heavy atom. The van der Waals surface area contributed by atoms with E-state index >= 15 is 0 Å². The lowest BCUT2D eigenvalue weighted by atomic mass is 10.2. The van der Waals surface area contributed by atoms with Gasteiger partial charge in [-0.05, 0) is 20.8 Å². The van der Waals surface area contributed by atoms with Crippen molar-refractivity contribution in [3.63, 3.8) is 0 Å². The van der Waals surface area contributed by atoms with Gasteiger partial charge in [0.05, 0.1) is 22.4 Å². The summed E-state index contributed by atoms with van der Waals surface area (Å²) in [7, 11) is -1.90. The zero-order valence-electron chi connectivity index (χ0n) is 10.3. The molecule has 1 aromatic heterocycles. The zero-order valence-corrected chi connectivity index (χ0v) is 11.1. The molecule has 17 heavy (non-hydrogen) atoms. The van der Waals surface area contributed by atoms with E-state index in [2.05, 4.69) is 5.10 Å². The standard InChI is InChI=1S/C10H16N2O4S/c1-10(2,3)17(15,16)6-8-7(9(13)14)5-11-12(8)4/h5H,6H2,1-4H3,(H,13,14). The summed E-state index contributed by atoms with van der Waals surface area (Å²) in [5.41, 5.74) is 0.132. The SMILES string of the molecule is Cn1ncc(C(=O)O)c1CS(=O)(=O)C(C)(C)C. The second kappa shape index (κ2) is 4.14. The van der Waals surface area contributed by atoms with Crippen molar-refractivity contribution in [2.24, 2.45) is 7.05 Å². The normalized spacial score (nSPS) is 12.7. The molecule has 7 heteroatoms. The smallest absolute Gasteiger partial charge is 0.339 e. The molecule has 1 rings (SSSR count). The molecule has 0 atom stereocenters. The number of aromatic carboxylic acids is 1. The molecule has 0 amide bonds. The van der Waals surface area contributed by atoms with Crippen LogP contribution in [0.4, 0.5) is 0 Å². The minimum absolute atomic E-state index is 0.0691. The fourth-order valence-corrected chi connectivity index (χ4v) is 2.34. The maximum Gasteiger partial charge on any atom is 0.339 e. The average molecular weight is 260 g/mol. The minimum Gasteiger partial charge on any atom is -0.478 e. The monoisotopic (exact) mass is 260 g/mol. The summed E-state index contributed by atoms with van der Waals surface area (Å²) in [5.74, 6) is -1.49. The number of aryl methyl sites for hydroxylation is 1. The second-order valence-electron chi connectivity index (χ2n) is 4.81. The van der Waals surface area contributed by atoms with E-state index in [0.717, 1.165) is 6.20 Å². The van der Waals surface area contributed by atoms with Gasteiger partial charge in [-0.15, -0.1) is 0 Å². The molecule has 0 saturated heterocycles. The molecule has 6 nitrogen and oxygen atoms in total. The maximum atomic E-state index is 12.0. The second-order valence-corrected chi connectivity index (χ2v) is 7.55. The number of hydrogen-bond acceptors (Lipinski definition) is 4. The number of nitrogens with zero attached hydrogens (tertiary/aromatic N) is 2. The lowest BCUT2D eigenvalue weighted by molar-refractivity contribution is 0.0696. The Morgan fingerprint density at radius 2 is 2.00 bits per heavy atom. The molecular formula is C10H16N2O4S. The molecule has 96 valence electrons. The van der Waals surface area contributed by atoms with Gasteiger partial charge in [-0.2, -0.15) is 5.10 Å². The topological polar surface area (TPSA) is 89.3 Å². The Bertz CT molecular complexity index is 537. The van der Waals surface area contributed by atoms with E-state index < -0.39 is 20.6 Å². The highest BCUT2D eigenvalue weighted by Crippen LogP contribution is 2.22. The van der Waals surface area contributed by atoms with Crippen LogP contribution in [0.25, 0.3) is 0 Å². The number of carbonyl (C=O) groups is 1. The first-order chi connectivity index (χ1) is 7.56. The van der Waals surface area contributed by atoms with Gasteiger partial charge in [-0.1, -0.05) is 0 Å². The van der Waals surface area contributed by atoms with E-state index in [4.69, 9.17) is 5.11 Å². The quantitative estimate of drug-likeness (QED) is 0.869. The summed E-state index contributed by atoms with van der Waals surface area (Å²) < 4.78 is 24.4. The van der Waals surface area contributed by atoms with Gasteiger partial charge in [-0.3, -0.25) is 4.68 Å². The van der Waals surface area contributed by atoms with Crippen LogP contribution in [0.1, 0.15) is 36.8 Å². The molecule has 0 radical (unpaired) electrons. The number of aromatic nitrogens is 2. The van der Waals surface area contributed by atoms with Gasteiger partial charge in [0.2, 0.25) is 0 Å². The molecule has 1 heterocycles. The van der Waals surface area contributed by atoms with Crippen LogP contribution in [0, 0.1) is 0 Å². The van der Waals surface area contributed by atoms with E-state index in [1.807, 2.05) is 0 Å². The van der Waals surface area contributed by atoms with Crippen molar-refractivity contribution in [3.8, 4) is 0 Å². The molecule has 0 fully saturated rings. The molecule has 0 spiro atoms. The number of carboxylic acids is 1. The zero-order chi connectivity index (χ0) is 13.4. The van der Waals surface area contributed by atoms with Crippen molar-refractivity contribution in [1.29, 1.82) is 0 Å². The number of hydrogen-bond donors (Lipinski definition) is 1. The third kappa shape index (κ3) is 2.66. The summed E-state index contributed by atoms with van der Waals surface area (Å²) >= 11 is 0. The van der Waals surface area contributed by atoms with Gasteiger partial charge < -0.3 is 5.11 Å². The van der Waals surface area contributed by atoms with Gasteiger partial charge in [0.1, 0.15) is 5.56 Å². The van der Waals surface area contributed by atoms with Gasteiger partial charge in [0.25, 0.3) is 0 Å². The Hall–Kier alpha value is -1.37. The molecule has 0 aliphatic rings. The van der Waals surface area contributed by atoms with Crippen LogP contribution in [-0.2, 0) is 22.6 Å². The van der Waals surface area contributed by atoms with Crippen LogP contribution < -0.4 is 0 Å². The lowest BCUT2D eigenvalue weighted by Crippen LogP contribution is -2.30. The summed E-state index contributed by atoms with van der Waals surface area (Å²) in [6.07, 6.45) is 1.16. The van der Waals surface area contributed by atoms with Crippen LogP contribution in [0.5, 0.6) is 0 Å². The predicted molar refractivity (Wildman–Crippen MR) is 62.5 cm³/mol. The van der Waals surface area contributed by atoms with Gasteiger partial charge in [-0.25, -0.2) is 13.2 Å². The minimum atomic E-state index is -3.42. The molecule has 0 bridgehead atoms. The van der Waals surface area contributed by atoms with Crippen molar-refractivity contribution in [1.82, 2.24) is 9.78 Å². The summed E-state index contributed by atoms with van der Waals surface area (Å²) in [5, 5.41) is 12.7. The van der Waals surface area contributed by atoms with Crippen LogP contribution in [0.15, 0.2) is 6.20 Å². The molecule has 0 aromatic carbocycles. The van der Waals surface area contributed by atoms with Crippen LogP contribution >= 0.6 is 0 Å². The van der Waals surface area contributed by atoms with Gasteiger partial charge in [0.15, 0.2) is 9.84 Å². The first-order valence-electron chi connectivity index (χ1n) is 5.03. The van der Waals surface area contributed by atoms with E-state index in [1.54, 1.807) is 20.8 Å². The predicted octanol–water partition coefficient (Wildman–Crippen LogP) is 0.832. The fraction of sp³-hybridized carbons (Fsp3) is 0.600. The Balaban J connectivity index is 3.21. The van der Waals surface area contributed by atoms with E-state index in [-0.39, 0.29) is 17.0 Å². The van der Waals surface area contributed by atoms with Crippen molar-refractivity contribution < 1.29 is 18.3 Å². The van der Waals surface area contributed by atoms with E-state index in [1.165, 1.54) is 11.7 Å². The Kier molecular flexibility index (Phi) is 3.33. The largest absolute Gasteiger partial charge is 0.478 e. The van der Waals surface area contributed by atoms with E-state index in [0.29, 0.717) is 0 Å². The number of carboxylic acid groups (broad SMARTS) is 1. The number of rotatable bonds is 3. The lowest BCUT2D eigenvalue weighted by Gasteiger charge is -2.19. The molecule has 0 saturated carbocycles. The number of sulfone groups is 1. The fourth-order valence-electron chi connectivity index (χ4n) is 1.21. The molecule has 1 N–H and O–H groups in total. The third-order valence-electron chi connectivity index (χ3n) is 2.55. The van der Waals surface area contributed by atoms with Crippen molar-refractivity contribution in [2.45, 2.75) is 31.3 Å². The summed E-state index contributed by atoms with van der Waals surface area (Å²) in [4.78, 5) is 10.9. The summed E-state index contributed by atoms with van der Waals surface area (Å²) in [6, 6.07) is 0. The van der Waals surface area contributed by atoms with Gasteiger partial charge in [0, 0.05) is 7.05 Å². The van der Waals surface area contributed by atoms with Crippen molar-refractivity contribution in [3.05, 3.63) is 17.5 Å². The highest BCUT2D eigenvalue weighted by molar-refractivity contribution is 7.91. The maximum absolute atomic E-state index is 12.0. The Morgan fingerprint density at radius 3 is 2.41 bits per heavy atom.